The van der Waals surface area contributed by atoms with Crippen LogP contribution in [0.15, 0.2) is 0 Å². The fourth-order valence-electron chi connectivity index (χ4n) is 2.22. The Hall–Kier alpha value is -1.30. The number of urea groups is 1. The maximum absolute atomic E-state index is 11.8. The Morgan fingerprint density at radius 1 is 1.44 bits per heavy atom. The van der Waals surface area contributed by atoms with Crippen molar-refractivity contribution in [2.45, 2.75) is 32.2 Å². The number of nitrogens with one attached hydrogen (secondary N) is 1. The zero-order chi connectivity index (χ0) is 13.5. The maximum atomic E-state index is 11.8. The molecule has 2 N–H and O–H groups in total. The quantitative estimate of drug-likeness (QED) is 0.694. The van der Waals surface area contributed by atoms with Gasteiger partial charge in [-0.25, -0.2) is 4.79 Å². The van der Waals surface area contributed by atoms with Gasteiger partial charge in [0.05, 0.1) is 5.92 Å². The molecule has 1 saturated heterocycles. The molecule has 0 spiro atoms. The molecule has 1 aliphatic heterocycles. The summed E-state index contributed by atoms with van der Waals surface area (Å²) in [6, 6.07) is -0.398. The number of aliphatic carboxylic acids is 1. The number of rotatable bonds is 6. The highest BCUT2D eigenvalue weighted by Gasteiger charge is 2.37. The van der Waals surface area contributed by atoms with Crippen LogP contribution in [-0.4, -0.2) is 54.9 Å². The van der Waals surface area contributed by atoms with E-state index in [0.29, 0.717) is 26.1 Å². The molecular formula is C12H22N2O4. The van der Waals surface area contributed by atoms with Crippen molar-refractivity contribution in [1.29, 1.82) is 0 Å². The summed E-state index contributed by atoms with van der Waals surface area (Å²) in [5.41, 5.74) is 0. The summed E-state index contributed by atoms with van der Waals surface area (Å²) >= 11 is 0. The second-order valence-corrected chi connectivity index (χ2v) is 4.60. The Bertz CT molecular complexity index is 296. The number of ether oxygens (including phenoxy) is 1. The lowest BCUT2D eigenvalue weighted by Gasteiger charge is -2.23. The molecule has 0 aromatic heterocycles. The van der Waals surface area contributed by atoms with Crippen molar-refractivity contribution >= 4 is 12.0 Å². The molecule has 0 radical (unpaired) electrons. The van der Waals surface area contributed by atoms with E-state index in [9.17, 15) is 9.59 Å². The summed E-state index contributed by atoms with van der Waals surface area (Å²) in [5.74, 6) is -1.26. The van der Waals surface area contributed by atoms with Gasteiger partial charge in [0.2, 0.25) is 0 Å². The van der Waals surface area contributed by atoms with Crippen LogP contribution in [0.2, 0.25) is 0 Å². The molecule has 1 rings (SSSR count). The third kappa shape index (κ3) is 3.87. The molecule has 0 aromatic rings. The van der Waals surface area contributed by atoms with E-state index in [1.165, 1.54) is 0 Å². The normalized spacial score (nSPS) is 23.1. The second kappa shape index (κ2) is 7.20. The average molecular weight is 258 g/mol. The molecule has 18 heavy (non-hydrogen) atoms. The number of carbonyl (C=O) groups is 2. The molecule has 2 atom stereocenters. The van der Waals surface area contributed by atoms with Crippen LogP contribution in [0.25, 0.3) is 0 Å². The van der Waals surface area contributed by atoms with Gasteiger partial charge in [0.15, 0.2) is 0 Å². The Labute approximate surface area is 107 Å². The molecule has 1 fully saturated rings. The Kier molecular flexibility index (Phi) is 5.91. The number of likely N-dealkylation sites (tertiary alicyclic amines) is 1. The first-order chi connectivity index (χ1) is 8.57. The van der Waals surface area contributed by atoms with Crippen LogP contribution in [0.1, 0.15) is 26.2 Å². The summed E-state index contributed by atoms with van der Waals surface area (Å²) in [6.07, 6.45) is 2.31. The van der Waals surface area contributed by atoms with Crippen molar-refractivity contribution in [2.75, 3.05) is 26.8 Å². The molecule has 104 valence electrons. The third-order valence-corrected chi connectivity index (χ3v) is 3.38. The lowest BCUT2D eigenvalue weighted by atomic mass is 10.0. The predicted molar refractivity (Wildman–Crippen MR) is 66.4 cm³/mol. The Morgan fingerprint density at radius 2 is 2.17 bits per heavy atom. The van der Waals surface area contributed by atoms with Gasteiger partial charge in [0, 0.05) is 32.8 Å². The fraction of sp³-hybridized carbons (Fsp3) is 0.833. The highest BCUT2D eigenvalue weighted by Crippen LogP contribution is 2.24. The lowest BCUT2D eigenvalue weighted by molar-refractivity contribution is -0.142. The van der Waals surface area contributed by atoms with Gasteiger partial charge >= 0.3 is 12.0 Å². The van der Waals surface area contributed by atoms with Crippen molar-refractivity contribution in [1.82, 2.24) is 10.2 Å². The van der Waals surface area contributed by atoms with Gasteiger partial charge in [-0.15, -0.1) is 0 Å². The smallest absolute Gasteiger partial charge is 0.317 e. The van der Waals surface area contributed by atoms with Crippen LogP contribution in [-0.2, 0) is 9.53 Å². The van der Waals surface area contributed by atoms with Crippen LogP contribution < -0.4 is 5.32 Å². The van der Waals surface area contributed by atoms with Gasteiger partial charge < -0.3 is 20.1 Å². The summed E-state index contributed by atoms with van der Waals surface area (Å²) in [6.45, 7) is 3.60. The summed E-state index contributed by atoms with van der Waals surface area (Å²) in [7, 11) is 1.65. The number of amides is 2. The molecule has 0 bridgehead atoms. The minimum Gasteiger partial charge on any atom is -0.481 e. The number of hydrogen-bond donors (Lipinski definition) is 2. The Morgan fingerprint density at radius 3 is 2.72 bits per heavy atom. The van der Waals surface area contributed by atoms with Gasteiger partial charge in [-0.2, -0.15) is 0 Å². The number of carboxylic acids is 1. The minimum absolute atomic E-state index is 0.163. The first kappa shape index (κ1) is 14.8. The molecular weight excluding hydrogens is 236 g/mol. The zero-order valence-corrected chi connectivity index (χ0v) is 11.0. The lowest BCUT2D eigenvalue weighted by Crippen LogP contribution is -2.44. The molecule has 0 aromatic carbocycles. The van der Waals surface area contributed by atoms with E-state index < -0.39 is 11.9 Å². The first-order valence-corrected chi connectivity index (χ1v) is 6.34. The van der Waals surface area contributed by atoms with Gasteiger partial charge in [-0.3, -0.25) is 4.79 Å². The summed E-state index contributed by atoms with van der Waals surface area (Å²) in [4.78, 5) is 24.4. The van der Waals surface area contributed by atoms with Gasteiger partial charge in [0.25, 0.3) is 0 Å². The number of unbranched alkanes of at least 4 members (excludes halogenated alkanes) is 1. The van der Waals surface area contributed by atoms with E-state index in [1.54, 1.807) is 18.9 Å². The zero-order valence-electron chi connectivity index (χ0n) is 11.0. The van der Waals surface area contributed by atoms with Crippen molar-refractivity contribution in [2.24, 2.45) is 5.92 Å². The number of carbonyl (C=O) groups excluding carboxylic acids is 1. The van der Waals surface area contributed by atoms with E-state index in [2.05, 4.69) is 5.32 Å². The molecule has 2 amide bonds. The van der Waals surface area contributed by atoms with Crippen molar-refractivity contribution in [3.63, 3.8) is 0 Å². The highest BCUT2D eigenvalue weighted by atomic mass is 16.5. The standard InChI is InChI=1S/C12H22N2O4/c1-9-10(11(15)16)5-7-14(9)12(17)13-6-3-4-8-18-2/h9-10H,3-8H2,1-2H3,(H,13,17)(H,15,16). The second-order valence-electron chi connectivity index (χ2n) is 4.60. The molecule has 2 unspecified atom stereocenters. The summed E-state index contributed by atoms with van der Waals surface area (Å²) < 4.78 is 4.92. The number of hydrogen-bond acceptors (Lipinski definition) is 3. The van der Waals surface area contributed by atoms with Crippen LogP contribution in [0.5, 0.6) is 0 Å². The van der Waals surface area contributed by atoms with Crippen LogP contribution in [0, 0.1) is 5.92 Å². The number of methoxy groups -OCH3 is 1. The van der Waals surface area contributed by atoms with E-state index >= 15 is 0 Å². The van der Waals surface area contributed by atoms with Crippen molar-refractivity contribution in [3.05, 3.63) is 0 Å². The summed E-state index contributed by atoms with van der Waals surface area (Å²) in [5, 5.41) is 11.8. The highest BCUT2D eigenvalue weighted by molar-refractivity contribution is 5.78. The largest absolute Gasteiger partial charge is 0.481 e. The molecule has 6 nitrogen and oxygen atoms in total. The molecule has 0 saturated carbocycles. The van der Waals surface area contributed by atoms with Crippen molar-refractivity contribution in [3.8, 4) is 0 Å². The van der Waals surface area contributed by atoms with Crippen molar-refractivity contribution < 1.29 is 19.4 Å². The predicted octanol–water partition coefficient (Wildman–Crippen LogP) is 0.918. The van der Waals surface area contributed by atoms with Gasteiger partial charge in [0.1, 0.15) is 0 Å². The monoisotopic (exact) mass is 258 g/mol. The third-order valence-electron chi connectivity index (χ3n) is 3.38. The molecule has 6 heteroatoms. The average Bonchev–Trinajstić information content (AvgIpc) is 2.70. The SMILES string of the molecule is COCCCCNC(=O)N1CCC(C(=O)O)C1C. The van der Waals surface area contributed by atoms with Crippen LogP contribution in [0.4, 0.5) is 4.79 Å². The van der Waals surface area contributed by atoms with E-state index in [4.69, 9.17) is 9.84 Å². The van der Waals surface area contributed by atoms with E-state index in [0.717, 1.165) is 12.8 Å². The van der Waals surface area contributed by atoms with Gasteiger partial charge in [-0.1, -0.05) is 0 Å². The van der Waals surface area contributed by atoms with E-state index in [-0.39, 0.29) is 12.1 Å². The molecule has 0 aliphatic carbocycles. The van der Waals surface area contributed by atoms with Crippen LogP contribution >= 0.6 is 0 Å². The van der Waals surface area contributed by atoms with Gasteiger partial charge in [-0.05, 0) is 26.2 Å². The molecule has 1 aliphatic rings. The topological polar surface area (TPSA) is 78.9 Å². The minimum atomic E-state index is -0.821. The van der Waals surface area contributed by atoms with E-state index in [1.807, 2.05) is 0 Å². The fourth-order valence-corrected chi connectivity index (χ4v) is 2.22. The number of nitrogens with zero attached hydrogens (tertiary/aromatic N) is 1. The first-order valence-electron chi connectivity index (χ1n) is 6.34. The van der Waals surface area contributed by atoms with Crippen LogP contribution in [0.3, 0.4) is 0 Å². The number of carboxylic acid groups (broad SMARTS) is 1. The molecule has 1 heterocycles. The maximum Gasteiger partial charge on any atom is 0.317 e. The Balaban J connectivity index is 2.28.